The molecule has 1 fully saturated rings. The first-order chi connectivity index (χ1) is 16.3. The number of nitriles is 1. The molecule has 5 rings (SSSR count). The van der Waals surface area contributed by atoms with Gasteiger partial charge in [0.1, 0.15) is 6.07 Å². The average molecular weight is 457 g/mol. The summed E-state index contributed by atoms with van der Waals surface area (Å²) in [6.45, 7) is 10.6. The zero-order chi connectivity index (χ0) is 23.9. The summed E-state index contributed by atoms with van der Waals surface area (Å²) in [5, 5.41) is 25.7. The summed E-state index contributed by atoms with van der Waals surface area (Å²) in [5.74, 6) is 0.443. The minimum atomic E-state index is 0.195. The van der Waals surface area contributed by atoms with Crippen molar-refractivity contribution >= 4 is 17.2 Å². The topological polar surface area (TPSA) is 108 Å². The fraction of sp³-hybridized carbons (Fsp3) is 0.400. The Morgan fingerprint density at radius 1 is 1.12 bits per heavy atom. The maximum Gasteiger partial charge on any atom is 0.318 e. The molecule has 1 saturated heterocycles. The highest BCUT2D eigenvalue weighted by molar-refractivity contribution is 5.77. The van der Waals surface area contributed by atoms with Gasteiger partial charge in [-0.25, -0.2) is 4.52 Å². The Morgan fingerprint density at radius 2 is 1.91 bits per heavy atom. The number of fused-ring (bicyclic) bond motifs is 1. The van der Waals surface area contributed by atoms with E-state index in [2.05, 4.69) is 59.3 Å². The summed E-state index contributed by atoms with van der Waals surface area (Å²) in [6.07, 6.45) is 5.51. The van der Waals surface area contributed by atoms with Gasteiger partial charge in [-0.3, -0.25) is 4.98 Å². The number of hydrogen-bond acceptors (Lipinski definition) is 8. The first kappa shape index (κ1) is 21.9. The molecular formula is C25H28N8O. The lowest BCUT2D eigenvalue weighted by Crippen LogP contribution is -2.37. The summed E-state index contributed by atoms with van der Waals surface area (Å²) in [4.78, 5) is 6.85. The molecule has 0 saturated carbocycles. The van der Waals surface area contributed by atoms with Crippen LogP contribution in [0.5, 0.6) is 0 Å². The van der Waals surface area contributed by atoms with Gasteiger partial charge in [-0.15, -0.1) is 5.10 Å². The lowest BCUT2D eigenvalue weighted by molar-refractivity contribution is 0.273. The Morgan fingerprint density at radius 3 is 2.65 bits per heavy atom. The number of hydrogen-bond donors (Lipinski definition) is 1. The Bertz CT molecular complexity index is 1370. The third-order valence-corrected chi connectivity index (χ3v) is 6.27. The van der Waals surface area contributed by atoms with E-state index in [0.717, 1.165) is 54.1 Å². The van der Waals surface area contributed by atoms with E-state index in [1.165, 1.54) is 0 Å². The number of piperidine rings is 1. The molecule has 0 amide bonds. The summed E-state index contributed by atoms with van der Waals surface area (Å²) in [5.41, 5.74) is 4.91. The number of rotatable bonds is 5. The molecule has 5 heterocycles. The van der Waals surface area contributed by atoms with E-state index in [0.29, 0.717) is 22.9 Å². The van der Waals surface area contributed by atoms with Crippen LogP contribution in [0.25, 0.3) is 28.4 Å². The van der Waals surface area contributed by atoms with Crippen molar-refractivity contribution in [1.29, 1.82) is 5.26 Å². The molecular weight excluding hydrogens is 428 g/mol. The first-order valence-electron chi connectivity index (χ1n) is 11.6. The summed E-state index contributed by atoms with van der Waals surface area (Å²) < 4.78 is 7.88. The Hall–Kier alpha value is -3.93. The van der Waals surface area contributed by atoms with Gasteiger partial charge in [0.2, 0.25) is 0 Å². The number of pyridine rings is 1. The summed E-state index contributed by atoms with van der Waals surface area (Å²) in [7, 11) is 0. The van der Waals surface area contributed by atoms with Crippen LogP contribution in [0.4, 0.5) is 11.7 Å². The van der Waals surface area contributed by atoms with Crippen molar-refractivity contribution in [2.45, 2.75) is 46.6 Å². The maximum atomic E-state index is 9.14. The van der Waals surface area contributed by atoms with E-state index < -0.39 is 0 Å². The van der Waals surface area contributed by atoms with Crippen molar-refractivity contribution in [3.05, 3.63) is 42.2 Å². The minimum Gasteiger partial charge on any atom is -0.403 e. The van der Waals surface area contributed by atoms with Gasteiger partial charge < -0.3 is 14.6 Å². The Kier molecular flexibility index (Phi) is 5.44. The summed E-state index contributed by atoms with van der Waals surface area (Å²) >= 11 is 0. The molecule has 9 nitrogen and oxygen atoms in total. The highest BCUT2D eigenvalue weighted by Gasteiger charge is 2.28. The second-order valence-electron chi connectivity index (χ2n) is 9.87. The van der Waals surface area contributed by atoms with Crippen LogP contribution >= 0.6 is 0 Å². The van der Waals surface area contributed by atoms with Crippen molar-refractivity contribution in [2.24, 2.45) is 5.41 Å². The predicted molar refractivity (Wildman–Crippen MR) is 130 cm³/mol. The molecule has 0 atom stereocenters. The number of anilines is 2. The Labute approximate surface area is 198 Å². The van der Waals surface area contributed by atoms with E-state index in [1.807, 2.05) is 18.2 Å². The maximum absolute atomic E-state index is 9.14. The summed E-state index contributed by atoms with van der Waals surface area (Å²) in [6, 6.07) is 10.5. The van der Waals surface area contributed by atoms with Crippen LogP contribution in [-0.4, -0.2) is 43.9 Å². The second kappa shape index (κ2) is 8.45. The molecule has 0 aliphatic carbocycles. The quantitative estimate of drug-likeness (QED) is 0.458. The third-order valence-electron chi connectivity index (χ3n) is 6.27. The molecule has 4 aromatic rings. The van der Waals surface area contributed by atoms with Crippen molar-refractivity contribution < 1.29 is 4.42 Å². The largest absolute Gasteiger partial charge is 0.403 e. The van der Waals surface area contributed by atoms with Crippen LogP contribution in [0.15, 0.2) is 41.1 Å². The van der Waals surface area contributed by atoms with Gasteiger partial charge in [-0.05, 0) is 56.4 Å². The fourth-order valence-corrected chi connectivity index (χ4v) is 4.21. The smallest absolute Gasteiger partial charge is 0.318 e. The minimum absolute atomic E-state index is 0.195. The third kappa shape index (κ3) is 4.19. The van der Waals surface area contributed by atoms with Crippen molar-refractivity contribution in [2.75, 3.05) is 23.3 Å². The molecule has 9 heteroatoms. The van der Waals surface area contributed by atoms with Gasteiger partial charge in [0, 0.05) is 25.3 Å². The van der Waals surface area contributed by atoms with Gasteiger partial charge >= 0.3 is 6.01 Å². The molecule has 34 heavy (non-hydrogen) atoms. The van der Waals surface area contributed by atoms with Crippen molar-refractivity contribution in [3.8, 4) is 28.9 Å². The van der Waals surface area contributed by atoms with Gasteiger partial charge in [-0.2, -0.15) is 10.4 Å². The first-order valence-corrected chi connectivity index (χ1v) is 11.6. The van der Waals surface area contributed by atoms with E-state index in [-0.39, 0.29) is 6.04 Å². The molecule has 1 N–H and O–H groups in total. The number of nitrogens with one attached hydrogen (secondary N) is 1. The van der Waals surface area contributed by atoms with Gasteiger partial charge in [-0.1, -0.05) is 18.9 Å². The zero-order valence-electron chi connectivity index (χ0n) is 19.9. The lowest BCUT2D eigenvalue weighted by atomic mass is 9.83. The second-order valence-corrected chi connectivity index (χ2v) is 9.87. The van der Waals surface area contributed by atoms with Crippen LogP contribution in [0.2, 0.25) is 0 Å². The molecule has 0 spiro atoms. The van der Waals surface area contributed by atoms with Crippen LogP contribution in [-0.2, 0) is 0 Å². The number of nitrogens with zero attached hydrogens (tertiary/aromatic N) is 7. The van der Waals surface area contributed by atoms with Crippen LogP contribution in [0, 0.1) is 16.7 Å². The molecule has 0 radical (unpaired) electrons. The van der Waals surface area contributed by atoms with Crippen molar-refractivity contribution in [3.63, 3.8) is 0 Å². The zero-order valence-corrected chi connectivity index (χ0v) is 19.9. The molecule has 174 valence electrons. The standard InChI is InChI=1S/C25H28N8O/c1-16(2)29-20-12-21(22-6-5-18-11-17(13-26)14-28-33(18)22)27-15-19(20)23-30-31-24(34-23)32-9-7-25(3,4)8-10-32/h5-6,11-12,14-16H,7-10H2,1-4H3,(H,27,29). The van der Waals surface area contributed by atoms with Gasteiger partial charge in [0.15, 0.2) is 0 Å². The van der Waals surface area contributed by atoms with E-state index in [4.69, 9.17) is 14.7 Å². The lowest BCUT2D eigenvalue weighted by Gasteiger charge is -2.35. The molecule has 1 aliphatic heterocycles. The molecule has 0 unspecified atom stereocenters. The SMILES string of the molecule is CC(C)Nc1cc(-c2ccc3cc(C#N)cnn23)ncc1-c1nnc(N2CCC(C)(C)CC2)o1. The number of aromatic nitrogens is 5. The molecule has 4 aromatic heterocycles. The molecule has 1 aliphatic rings. The van der Waals surface area contributed by atoms with Gasteiger partial charge in [0.25, 0.3) is 5.89 Å². The van der Waals surface area contributed by atoms with Crippen LogP contribution in [0.1, 0.15) is 46.1 Å². The molecule has 0 aromatic carbocycles. The van der Waals surface area contributed by atoms with E-state index >= 15 is 0 Å². The predicted octanol–water partition coefficient (Wildman–Crippen LogP) is 4.76. The van der Waals surface area contributed by atoms with E-state index in [1.54, 1.807) is 23.0 Å². The normalized spacial score (nSPS) is 15.6. The fourth-order valence-electron chi connectivity index (χ4n) is 4.21. The highest BCUT2D eigenvalue weighted by atomic mass is 16.4. The van der Waals surface area contributed by atoms with Gasteiger partial charge in [0.05, 0.1) is 39.9 Å². The highest BCUT2D eigenvalue weighted by Crippen LogP contribution is 2.35. The average Bonchev–Trinajstić information content (AvgIpc) is 3.45. The van der Waals surface area contributed by atoms with Crippen LogP contribution < -0.4 is 10.2 Å². The van der Waals surface area contributed by atoms with Crippen LogP contribution in [0.3, 0.4) is 0 Å². The van der Waals surface area contributed by atoms with E-state index in [9.17, 15) is 0 Å². The van der Waals surface area contributed by atoms with Crippen molar-refractivity contribution in [1.82, 2.24) is 24.8 Å². The monoisotopic (exact) mass is 456 g/mol. The Balaban J connectivity index is 1.49. The molecule has 0 bridgehead atoms.